The average Bonchev–Trinajstić information content (AvgIpc) is 2.46. The monoisotopic (exact) mass is 257 g/mol. The van der Waals surface area contributed by atoms with Crippen LogP contribution in [0.25, 0.3) is 0 Å². The zero-order valence-corrected chi connectivity index (χ0v) is 11.6. The molecule has 0 bridgehead atoms. The molecule has 0 radical (unpaired) electrons. The molecule has 0 atom stereocenters. The van der Waals surface area contributed by atoms with Crippen molar-refractivity contribution < 1.29 is 0 Å². The normalized spacial score (nSPS) is 10.3. The maximum Gasteiger partial charge on any atom is 0.137 e. The highest BCUT2D eigenvalue weighted by molar-refractivity contribution is 5.57. The van der Waals surface area contributed by atoms with Gasteiger partial charge in [0.15, 0.2) is 0 Å². The summed E-state index contributed by atoms with van der Waals surface area (Å²) in [5, 5.41) is 3.09. The Labute approximate surface area is 113 Å². The number of hydrogen-bond donors (Lipinski definition) is 1. The minimum atomic E-state index is 0.819. The molecule has 0 saturated heterocycles. The molecule has 0 saturated carbocycles. The number of rotatable bonds is 5. The van der Waals surface area contributed by atoms with Gasteiger partial charge in [0, 0.05) is 38.1 Å². The SMILES string of the molecule is CCN(Cc1ccncc1)c1ncnc(NC)c1C. The van der Waals surface area contributed by atoms with Crippen LogP contribution in [0.1, 0.15) is 18.1 Å². The molecule has 0 fully saturated rings. The smallest absolute Gasteiger partial charge is 0.137 e. The first-order chi connectivity index (χ1) is 9.26. The second-order valence-electron chi connectivity index (χ2n) is 4.29. The first kappa shape index (κ1) is 13.3. The van der Waals surface area contributed by atoms with Crippen molar-refractivity contribution >= 4 is 11.6 Å². The first-order valence-electron chi connectivity index (χ1n) is 6.39. The molecule has 0 amide bonds. The fourth-order valence-electron chi connectivity index (χ4n) is 2.06. The minimum Gasteiger partial charge on any atom is -0.373 e. The van der Waals surface area contributed by atoms with E-state index in [1.165, 1.54) is 5.56 Å². The summed E-state index contributed by atoms with van der Waals surface area (Å²) in [5.74, 6) is 1.84. The Bertz CT molecular complexity index is 527. The predicted molar refractivity (Wildman–Crippen MR) is 77.3 cm³/mol. The Kier molecular flexibility index (Phi) is 4.28. The van der Waals surface area contributed by atoms with Crippen LogP contribution in [0.4, 0.5) is 11.6 Å². The average molecular weight is 257 g/mol. The van der Waals surface area contributed by atoms with E-state index in [0.29, 0.717) is 0 Å². The molecule has 2 aromatic heterocycles. The van der Waals surface area contributed by atoms with Crippen molar-refractivity contribution in [1.82, 2.24) is 15.0 Å². The minimum absolute atomic E-state index is 0.819. The lowest BCUT2D eigenvalue weighted by atomic mass is 10.2. The number of anilines is 2. The fourth-order valence-corrected chi connectivity index (χ4v) is 2.06. The highest BCUT2D eigenvalue weighted by atomic mass is 15.2. The summed E-state index contributed by atoms with van der Waals surface area (Å²) >= 11 is 0. The first-order valence-corrected chi connectivity index (χ1v) is 6.39. The van der Waals surface area contributed by atoms with Crippen LogP contribution in [0.2, 0.25) is 0 Å². The van der Waals surface area contributed by atoms with Crippen molar-refractivity contribution in [2.75, 3.05) is 23.8 Å². The summed E-state index contributed by atoms with van der Waals surface area (Å²) in [7, 11) is 1.87. The van der Waals surface area contributed by atoms with E-state index < -0.39 is 0 Å². The quantitative estimate of drug-likeness (QED) is 0.890. The number of hydrogen-bond acceptors (Lipinski definition) is 5. The van der Waals surface area contributed by atoms with Gasteiger partial charge >= 0.3 is 0 Å². The van der Waals surface area contributed by atoms with Crippen LogP contribution in [-0.4, -0.2) is 28.5 Å². The topological polar surface area (TPSA) is 53.9 Å². The third-order valence-electron chi connectivity index (χ3n) is 3.10. The predicted octanol–water partition coefficient (Wildman–Crippen LogP) is 2.25. The summed E-state index contributed by atoms with van der Waals surface area (Å²) in [4.78, 5) is 14.9. The number of pyridine rings is 1. The van der Waals surface area contributed by atoms with Crippen molar-refractivity contribution in [1.29, 1.82) is 0 Å². The Morgan fingerprint density at radius 1 is 1.21 bits per heavy atom. The summed E-state index contributed by atoms with van der Waals surface area (Å²) < 4.78 is 0. The van der Waals surface area contributed by atoms with Crippen molar-refractivity contribution in [2.24, 2.45) is 0 Å². The molecule has 0 aliphatic heterocycles. The second kappa shape index (κ2) is 6.13. The largest absolute Gasteiger partial charge is 0.373 e. The van der Waals surface area contributed by atoms with Gasteiger partial charge in [-0.1, -0.05) is 0 Å². The van der Waals surface area contributed by atoms with Crippen molar-refractivity contribution in [3.05, 3.63) is 42.0 Å². The molecule has 19 heavy (non-hydrogen) atoms. The Balaban J connectivity index is 2.27. The van der Waals surface area contributed by atoms with Gasteiger partial charge in [-0.3, -0.25) is 4.98 Å². The summed E-state index contributed by atoms with van der Waals surface area (Å²) in [5.41, 5.74) is 2.29. The zero-order valence-electron chi connectivity index (χ0n) is 11.6. The van der Waals surface area contributed by atoms with Crippen LogP contribution in [0.5, 0.6) is 0 Å². The molecular formula is C14H19N5. The van der Waals surface area contributed by atoms with Crippen LogP contribution in [0, 0.1) is 6.92 Å². The van der Waals surface area contributed by atoms with E-state index in [4.69, 9.17) is 0 Å². The van der Waals surface area contributed by atoms with E-state index in [1.807, 2.05) is 38.5 Å². The lowest BCUT2D eigenvalue weighted by Crippen LogP contribution is -2.24. The summed E-state index contributed by atoms with van der Waals surface area (Å²) in [6.07, 6.45) is 5.23. The molecule has 0 aliphatic carbocycles. The van der Waals surface area contributed by atoms with Gasteiger partial charge in [0.1, 0.15) is 18.0 Å². The van der Waals surface area contributed by atoms with Crippen molar-refractivity contribution in [2.45, 2.75) is 20.4 Å². The molecule has 100 valence electrons. The van der Waals surface area contributed by atoms with Crippen LogP contribution >= 0.6 is 0 Å². The van der Waals surface area contributed by atoms with Crippen LogP contribution in [0.15, 0.2) is 30.9 Å². The summed E-state index contributed by atoms with van der Waals surface area (Å²) in [6, 6.07) is 4.05. The summed E-state index contributed by atoms with van der Waals surface area (Å²) in [6.45, 7) is 5.88. The molecule has 0 aromatic carbocycles. The highest BCUT2D eigenvalue weighted by Crippen LogP contribution is 2.23. The van der Waals surface area contributed by atoms with Crippen LogP contribution in [-0.2, 0) is 6.54 Å². The van der Waals surface area contributed by atoms with Gasteiger partial charge < -0.3 is 10.2 Å². The highest BCUT2D eigenvalue weighted by Gasteiger charge is 2.12. The van der Waals surface area contributed by atoms with E-state index >= 15 is 0 Å². The Hall–Kier alpha value is -2.17. The number of nitrogens with zero attached hydrogens (tertiary/aromatic N) is 4. The third kappa shape index (κ3) is 2.99. The molecule has 2 rings (SSSR count). The Morgan fingerprint density at radius 2 is 1.95 bits per heavy atom. The van der Waals surface area contributed by atoms with Gasteiger partial charge in [0.2, 0.25) is 0 Å². The van der Waals surface area contributed by atoms with Gasteiger partial charge in [0.05, 0.1) is 0 Å². The van der Waals surface area contributed by atoms with E-state index in [2.05, 4.69) is 32.1 Å². The molecule has 5 nitrogen and oxygen atoms in total. The third-order valence-corrected chi connectivity index (χ3v) is 3.10. The lowest BCUT2D eigenvalue weighted by Gasteiger charge is -2.24. The van der Waals surface area contributed by atoms with Gasteiger partial charge in [-0.2, -0.15) is 0 Å². The Morgan fingerprint density at radius 3 is 2.58 bits per heavy atom. The molecule has 5 heteroatoms. The van der Waals surface area contributed by atoms with Crippen LogP contribution in [0.3, 0.4) is 0 Å². The fraction of sp³-hybridized carbons (Fsp3) is 0.357. The van der Waals surface area contributed by atoms with E-state index in [-0.39, 0.29) is 0 Å². The van der Waals surface area contributed by atoms with E-state index in [9.17, 15) is 0 Å². The second-order valence-corrected chi connectivity index (χ2v) is 4.29. The maximum atomic E-state index is 4.41. The van der Waals surface area contributed by atoms with Gasteiger partial charge in [-0.15, -0.1) is 0 Å². The molecular weight excluding hydrogens is 238 g/mol. The van der Waals surface area contributed by atoms with E-state index in [0.717, 1.165) is 30.3 Å². The van der Waals surface area contributed by atoms with E-state index in [1.54, 1.807) is 6.33 Å². The molecule has 0 aliphatic rings. The molecule has 2 heterocycles. The number of nitrogens with one attached hydrogen (secondary N) is 1. The van der Waals surface area contributed by atoms with Crippen molar-refractivity contribution in [3.8, 4) is 0 Å². The lowest BCUT2D eigenvalue weighted by molar-refractivity contribution is 0.803. The number of aromatic nitrogens is 3. The molecule has 1 N–H and O–H groups in total. The molecule has 2 aromatic rings. The van der Waals surface area contributed by atoms with Crippen LogP contribution < -0.4 is 10.2 Å². The molecule has 0 unspecified atom stereocenters. The zero-order chi connectivity index (χ0) is 13.7. The standard InChI is InChI=1S/C14H19N5/c1-4-19(9-12-5-7-16-8-6-12)14-11(2)13(15-3)17-10-18-14/h5-8,10H,4,9H2,1-3H3,(H,15,17,18). The van der Waals surface area contributed by atoms with Gasteiger partial charge in [0.25, 0.3) is 0 Å². The van der Waals surface area contributed by atoms with Gasteiger partial charge in [-0.25, -0.2) is 9.97 Å². The van der Waals surface area contributed by atoms with Gasteiger partial charge in [-0.05, 0) is 31.5 Å². The molecule has 0 spiro atoms. The van der Waals surface area contributed by atoms with Crippen molar-refractivity contribution in [3.63, 3.8) is 0 Å². The maximum absolute atomic E-state index is 4.41.